The fraction of sp³-hybridized carbons (Fsp3) is 0.421. The third-order valence-corrected chi connectivity index (χ3v) is 4.25. The SMILES string of the molecule is CC[C@H](C)n1c(C#N)cc(N)c1Oc1cc(C(C)C)ccc1C. The van der Waals surface area contributed by atoms with Crippen LogP contribution in [0.2, 0.25) is 0 Å². The Morgan fingerprint density at radius 3 is 2.52 bits per heavy atom. The van der Waals surface area contributed by atoms with Gasteiger partial charge in [0.15, 0.2) is 0 Å². The van der Waals surface area contributed by atoms with Gasteiger partial charge in [-0.25, -0.2) is 0 Å². The summed E-state index contributed by atoms with van der Waals surface area (Å²) < 4.78 is 8.04. The molecule has 0 fully saturated rings. The van der Waals surface area contributed by atoms with E-state index in [0.29, 0.717) is 23.2 Å². The van der Waals surface area contributed by atoms with Crippen molar-refractivity contribution in [2.24, 2.45) is 0 Å². The molecule has 4 nitrogen and oxygen atoms in total. The molecule has 2 rings (SSSR count). The van der Waals surface area contributed by atoms with Crippen molar-refractivity contribution >= 4 is 5.69 Å². The van der Waals surface area contributed by atoms with Crippen molar-refractivity contribution < 1.29 is 4.74 Å². The van der Waals surface area contributed by atoms with Crippen molar-refractivity contribution in [1.82, 2.24) is 4.57 Å². The lowest BCUT2D eigenvalue weighted by atomic mass is 10.0. The second-order valence-corrected chi connectivity index (χ2v) is 6.31. The number of ether oxygens (including phenoxy) is 1. The van der Waals surface area contributed by atoms with Gasteiger partial charge in [-0.05, 0) is 43.4 Å². The fourth-order valence-corrected chi connectivity index (χ4v) is 2.53. The van der Waals surface area contributed by atoms with E-state index in [1.807, 2.05) is 11.5 Å². The molecule has 0 spiro atoms. The smallest absolute Gasteiger partial charge is 0.224 e. The van der Waals surface area contributed by atoms with E-state index in [0.717, 1.165) is 17.7 Å². The van der Waals surface area contributed by atoms with E-state index in [1.165, 1.54) is 5.56 Å². The predicted molar refractivity (Wildman–Crippen MR) is 93.9 cm³/mol. The number of hydrogen-bond acceptors (Lipinski definition) is 3. The van der Waals surface area contributed by atoms with Crippen molar-refractivity contribution in [2.45, 2.75) is 53.0 Å². The minimum atomic E-state index is 0.144. The van der Waals surface area contributed by atoms with E-state index in [-0.39, 0.29) is 6.04 Å². The standard InChI is InChI=1S/C19H25N3O/c1-6-14(5)22-16(11-20)10-17(21)19(22)23-18-9-15(12(2)3)8-7-13(18)4/h7-10,12,14H,6,21H2,1-5H3/t14-/m0/s1. The predicted octanol–water partition coefficient (Wildman–Crippen LogP) is 5.14. The van der Waals surface area contributed by atoms with Crippen molar-refractivity contribution in [2.75, 3.05) is 5.73 Å². The van der Waals surface area contributed by atoms with Gasteiger partial charge < -0.3 is 10.5 Å². The van der Waals surface area contributed by atoms with Crippen LogP contribution >= 0.6 is 0 Å². The largest absolute Gasteiger partial charge is 0.438 e. The van der Waals surface area contributed by atoms with Crippen molar-refractivity contribution in [3.8, 4) is 17.7 Å². The Morgan fingerprint density at radius 2 is 1.96 bits per heavy atom. The Balaban J connectivity index is 2.51. The van der Waals surface area contributed by atoms with Crippen LogP contribution in [0.4, 0.5) is 5.69 Å². The lowest BCUT2D eigenvalue weighted by Gasteiger charge is -2.19. The zero-order valence-electron chi connectivity index (χ0n) is 14.6. The number of aryl methyl sites for hydroxylation is 1. The van der Waals surface area contributed by atoms with Crippen LogP contribution in [0.1, 0.15) is 62.9 Å². The molecular formula is C19H25N3O. The Kier molecular flexibility index (Phi) is 5.00. The molecule has 0 aliphatic heterocycles. The Hall–Kier alpha value is -2.41. The molecule has 0 saturated heterocycles. The number of anilines is 1. The van der Waals surface area contributed by atoms with Gasteiger partial charge in [-0.2, -0.15) is 5.26 Å². The van der Waals surface area contributed by atoms with Crippen molar-refractivity contribution in [1.29, 1.82) is 5.26 Å². The third-order valence-electron chi connectivity index (χ3n) is 4.25. The first kappa shape index (κ1) is 17.0. The molecule has 23 heavy (non-hydrogen) atoms. The minimum absolute atomic E-state index is 0.144. The number of nitrogens with two attached hydrogens (primary N) is 1. The summed E-state index contributed by atoms with van der Waals surface area (Å²) in [5, 5.41) is 9.36. The molecule has 0 aliphatic carbocycles. The molecule has 0 saturated carbocycles. The second kappa shape index (κ2) is 6.78. The molecular weight excluding hydrogens is 286 g/mol. The molecule has 2 N–H and O–H groups in total. The molecule has 4 heteroatoms. The number of aromatic nitrogens is 1. The highest BCUT2D eigenvalue weighted by Crippen LogP contribution is 2.36. The average Bonchev–Trinajstić information content (AvgIpc) is 2.84. The lowest BCUT2D eigenvalue weighted by Crippen LogP contribution is -2.08. The average molecular weight is 311 g/mol. The molecule has 0 bridgehead atoms. The molecule has 1 aromatic carbocycles. The molecule has 0 radical (unpaired) electrons. The number of nitriles is 1. The maximum atomic E-state index is 9.36. The molecule has 122 valence electrons. The van der Waals surface area contributed by atoms with Gasteiger partial charge in [0.25, 0.3) is 0 Å². The molecule has 1 atom stereocenters. The lowest BCUT2D eigenvalue weighted by molar-refractivity contribution is 0.395. The second-order valence-electron chi connectivity index (χ2n) is 6.31. The zero-order chi connectivity index (χ0) is 17.1. The normalized spacial score (nSPS) is 12.2. The highest BCUT2D eigenvalue weighted by molar-refractivity contribution is 5.57. The quantitative estimate of drug-likeness (QED) is 0.831. The molecule has 1 aromatic heterocycles. The monoisotopic (exact) mass is 311 g/mol. The van der Waals surface area contributed by atoms with Crippen LogP contribution in [-0.4, -0.2) is 4.57 Å². The molecule has 0 aliphatic rings. The summed E-state index contributed by atoms with van der Waals surface area (Å²) in [6.45, 7) is 10.5. The summed E-state index contributed by atoms with van der Waals surface area (Å²) in [5.41, 5.74) is 9.40. The zero-order valence-corrected chi connectivity index (χ0v) is 14.6. The van der Waals surface area contributed by atoms with Gasteiger partial charge in [0.1, 0.15) is 17.5 Å². The number of benzene rings is 1. The first-order valence-corrected chi connectivity index (χ1v) is 8.08. The van der Waals surface area contributed by atoms with E-state index < -0.39 is 0 Å². The van der Waals surface area contributed by atoms with Gasteiger partial charge in [-0.1, -0.05) is 32.9 Å². The van der Waals surface area contributed by atoms with Crippen LogP contribution in [-0.2, 0) is 0 Å². The Bertz CT molecular complexity index is 738. The molecule has 2 aromatic rings. The van der Waals surface area contributed by atoms with Crippen LogP contribution in [0.3, 0.4) is 0 Å². The van der Waals surface area contributed by atoms with E-state index in [1.54, 1.807) is 6.07 Å². The van der Waals surface area contributed by atoms with Crippen LogP contribution in [0.15, 0.2) is 24.3 Å². The molecule has 0 amide bonds. The summed E-state index contributed by atoms with van der Waals surface area (Å²) in [6, 6.07) is 10.3. The summed E-state index contributed by atoms with van der Waals surface area (Å²) in [7, 11) is 0. The number of nitrogen functional groups attached to an aromatic ring is 1. The van der Waals surface area contributed by atoms with E-state index in [4.69, 9.17) is 10.5 Å². The van der Waals surface area contributed by atoms with E-state index in [2.05, 4.69) is 52.0 Å². The van der Waals surface area contributed by atoms with Crippen LogP contribution in [0.5, 0.6) is 11.6 Å². The number of nitrogens with zero attached hydrogens (tertiary/aromatic N) is 2. The number of hydrogen-bond donors (Lipinski definition) is 1. The number of rotatable bonds is 5. The van der Waals surface area contributed by atoms with E-state index in [9.17, 15) is 5.26 Å². The van der Waals surface area contributed by atoms with Gasteiger partial charge in [0, 0.05) is 12.1 Å². The fourth-order valence-electron chi connectivity index (χ4n) is 2.53. The van der Waals surface area contributed by atoms with Gasteiger partial charge in [-0.3, -0.25) is 4.57 Å². The molecule has 0 unspecified atom stereocenters. The Labute approximate surface area is 138 Å². The Morgan fingerprint density at radius 1 is 1.26 bits per heavy atom. The highest BCUT2D eigenvalue weighted by Gasteiger charge is 2.19. The summed E-state index contributed by atoms with van der Waals surface area (Å²) in [4.78, 5) is 0. The maximum Gasteiger partial charge on any atom is 0.224 e. The first-order chi connectivity index (χ1) is 10.9. The van der Waals surface area contributed by atoms with Crippen molar-refractivity contribution in [3.63, 3.8) is 0 Å². The summed E-state index contributed by atoms with van der Waals surface area (Å²) >= 11 is 0. The van der Waals surface area contributed by atoms with E-state index >= 15 is 0 Å². The summed E-state index contributed by atoms with van der Waals surface area (Å²) in [5.74, 6) is 1.77. The molecule has 1 heterocycles. The van der Waals surface area contributed by atoms with Gasteiger partial charge in [0.2, 0.25) is 5.88 Å². The van der Waals surface area contributed by atoms with Gasteiger partial charge in [0.05, 0.1) is 5.69 Å². The topological polar surface area (TPSA) is 64.0 Å². The van der Waals surface area contributed by atoms with Crippen molar-refractivity contribution in [3.05, 3.63) is 41.1 Å². The first-order valence-electron chi connectivity index (χ1n) is 8.08. The van der Waals surface area contributed by atoms with Gasteiger partial charge in [-0.15, -0.1) is 0 Å². The highest BCUT2D eigenvalue weighted by atomic mass is 16.5. The van der Waals surface area contributed by atoms with Crippen LogP contribution in [0.25, 0.3) is 0 Å². The van der Waals surface area contributed by atoms with Crippen LogP contribution in [0, 0.1) is 18.3 Å². The van der Waals surface area contributed by atoms with Crippen LogP contribution < -0.4 is 10.5 Å². The third kappa shape index (κ3) is 3.34. The summed E-state index contributed by atoms with van der Waals surface area (Å²) in [6.07, 6.45) is 0.893. The minimum Gasteiger partial charge on any atom is -0.438 e. The van der Waals surface area contributed by atoms with Gasteiger partial charge >= 0.3 is 0 Å². The maximum absolute atomic E-state index is 9.36.